The zero-order valence-corrected chi connectivity index (χ0v) is 18.1. The number of imidazole rings is 1. The lowest BCUT2D eigenvalue weighted by molar-refractivity contribution is -0.147. The van der Waals surface area contributed by atoms with Crippen molar-refractivity contribution < 1.29 is 22.7 Å². The summed E-state index contributed by atoms with van der Waals surface area (Å²) in [5, 5.41) is 2.55. The van der Waals surface area contributed by atoms with Gasteiger partial charge in [-0.2, -0.15) is 4.31 Å². The molecule has 0 fully saturated rings. The van der Waals surface area contributed by atoms with Gasteiger partial charge in [0, 0.05) is 18.8 Å². The van der Waals surface area contributed by atoms with Gasteiger partial charge in [-0.3, -0.25) is 9.59 Å². The Morgan fingerprint density at radius 1 is 1.10 bits per heavy atom. The quantitative estimate of drug-likeness (QED) is 0.507. The van der Waals surface area contributed by atoms with Crippen LogP contribution in [0, 0.1) is 0 Å². The van der Waals surface area contributed by atoms with E-state index >= 15 is 0 Å². The monoisotopic (exact) mass is 444 g/mol. The molecule has 0 unspecified atom stereocenters. The van der Waals surface area contributed by atoms with Crippen molar-refractivity contribution in [3.8, 4) is 0 Å². The van der Waals surface area contributed by atoms with Gasteiger partial charge in [0.1, 0.15) is 6.54 Å². The summed E-state index contributed by atoms with van der Waals surface area (Å²) in [5.41, 5.74) is 1.85. The fourth-order valence-corrected chi connectivity index (χ4v) is 4.62. The van der Waals surface area contributed by atoms with Crippen LogP contribution in [0.25, 0.3) is 11.0 Å². The third-order valence-corrected chi connectivity index (χ3v) is 6.70. The molecular weight excluding hydrogens is 420 g/mol. The van der Waals surface area contributed by atoms with Crippen molar-refractivity contribution in [2.24, 2.45) is 0 Å². The summed E-state index contributed by atoms with van der Waals surface area (Å²) < 4.78 is 33.3. The highest BCUT2D eigenvalue weighted by Crippen LogP contribution is 2.19. The average Bonchev–Trinajstić information content (AvgIpc) is 3.16. The molecule has 1 heterocycles. The number of carbonyl (C=O) groups excluding carboxylic acids is 2. The second-order valence-electron chi connectivity index (χ2n) is 6.69. The Kier molecular flexibility index (Phi) is 7.03. The molecule has 0 radical (unpaired) electrons. The maximum absolute atomic E-state index is 12.6. The van der Waals surface area contributed by atoms with Crippen LogP contribution in [-0.4, -0.2) is 53.8 Å². The highest BCUT2D eigenvalue weighted by atomic mass is 32.2. The number of fused-ring (bicyclic) bond motifs is 1. The number of carbonyl (C=O) groups is 2. The van der Waals surface area contributed by atoms with Gasteiger partial charge in [0.25, 0.3) is 5.91 Å². The summed E-state index contributed by atoms with van der Waals surface area (Å²) in [6, 6.07) is 13.3. The minimum atomic E-state index is -3.64. The number of anilines is 1. The molecule has 9 nitrogen and oxygen atoms in total. The number of sulfonamides is 1. The van der Waals surface area contributed by atoms with E-state index in [9.17, 15) is 18.0 Å². The summed E-state index contributed by atoms with van der Waals surface area (Å²) >= 11 is 0. The molecule has 10 heteroatoms. The molecule has 0 aliphatic heterocycles. The SMILES string of the molecule is CCN(CC)S(=O)(=O)c1cccc(NC(=O)COC(=O)Cn2cnc3ccccc32)c1. The molecular formula is C21H24N4O5S. The Hall–Kier alpha value is -3.24. The first-order valence-electron chi connectivity index (χ1n) is 9.80. The number of ether oxygens (including phenoxy) is 1. The molecule has 0 bridgehead atoms. The molecule has 2 aromatic carbocycles. The zero-order chi connectivity index (χ0) is 22.4. The highest BCUT2D eigenvalue weighted by Gasteiger charge is 2.22. The first-order valence-corrected chi connectivity index (χ1v) is 11.2. The molecule has 0 aliphatic carbocycles. The first-order chi connectivity index (χ1) is 14.8. The minimum absolute atomic E-state index is 0.0780. The number of benzene rings is 2. The topological polar surface area (TPSA) is 111 Å². The minimum Gasteiger partial charge on any atom is -0.454 e. The van der Waals surface area contributed by atoms with Crippen LogP contribution in [0.5, 0.6) is 0 Å². The van der Waals surface area contributed by atoms with Crippen LogP contribution in [0.3, 0.4) is 0 Å². The largest absolute Gasteiger partial charge is 0.454 e. The van der Waals surface area contributed by atoms with Crippen molar-refractivity contribution in [2.75, 3.05) is 25.0 Å². The molecule has 0 spiro atoms. The highest BCUT2D eigenvalue weighted by molar-refractivity contribution is 7.89. The number of rotatable bonds is 9. The number of aromatic nitrogens is 2. The summed E-state index contributed by atoms with van der Waals surface area (Å²) in [6.07, 6.45) is 1.54. The van der Waals surface area contributed by atoms with E-state index in [4.69, 9.17) is 4.74 Å². The van der Waals surface area contributed by atoms with Crippen LogP contribution in [-0.2, 0) is 30.9 Å². The van der Waals surface area contributed by atoms with Crippen molar-refractivity contribution in [3.63, 3.8) is 0 Å². The summed E-state index contributed by atoms with van der Waals surface area (Å²) in [4.78, 5) is 28.6. The van der Waals surface area contributed by atoms with E-state index in [1.54, 1.807) is 30.5 Å². The van der Waals surface area contributed by atoms with Gasteiger partial charge >= 0.3 is 5.97 Å². The second kappa shape index (κ2) is 9.71. The number of amides is 1. The predicted octanol–water partition coefficient (Wildman–Crippen LogP) is 2.25. The Morgan fingerprint density at radius 3 is 2.58 bits per heavy atom. The fourth-order valence-electron chi connectivity index (χ4n) is 3.11. The van der Waals surface area contributed by atoms with Gasteiger partial charge < -0.3 is 14.6 Å². The lowest BCUT2D eigenvalue weighted by atomic mass is 10.3. The van der Waals surface area contributed by atoms with Crippen molar-refractivity contribution >= 4 is 38.6 Å². The van der Waals surface area contributed by atoms with Gasteiger partial charge in [0.2, 0.25) is 10.0 Å². The van der Waals surface area contributed by atoms with Gasteiger partial charge in [-0.05, 0) is 30.3 Å². The number of esters is 1. The normalized spacial score (nSPS) is 11.6. The zero-order valence-electron chi connectivity index (χ0n) is 17.3. The van der Waals surface area contributed by atoms with Crippen LogP contribution in [0.2, 0.25) is 0 Å². The van der Waals surface area contributed by atoms with Gasteiger partial charge in [-0.25, -0.2) is 13.4 Å². The Labute approximate surface area is 180 Å². The third-order valence-electron chi connectivity index (χ3n) is 4.65. The molecule has 164 valence electrons. The summed E-state index contributed by atoms with van der Waals surface area (Å²) in [7, 11) is -3.64. The van der Waals surface area contributed by atoms with Gasteiger partial charge in [0.05, 0.1) is 22.3 Å². The van der Waals surface area contributed by atoms with Crippen LogP contribution in [0.15, 0.2) is 59.8 Å². The molecule has 0 atom stereocenters. The summed E-state index contributed by atoms with van der Waals surface area (Å²) in [6.45, 7) is 3.64. The number of nitrogens with one attached hydrogen (secondary N) is 1. The van der Waals surface area contributed by atoms with Crippen molar-refractivity contribution in [1.82, 2.24) is 13.9 Å². The molecule has 1 aromatic heterocycles. The van der Waals surface area contributed by atoms with E-state index in [1.165, 1.54) is 22.8 Å². The molecule has 0 saturated carbocycles. The van der Waals surface area contributed by atoms with Crippen molar-refractivity contribution in [2.45, 2.75) is 25.3 Å². The molecule has 31 heavy (non-hydrogen) atoms. The number of hydrogen-bond donors (Lipinski definition) is 1. The van der Waals surface area contributed by atoms with Gasteiger partial charge in [0.15, 0.2) is 6.61 Å². The van der Waals surface area contributed by atoms with Crippen LogP contribution in [0.1, 0.15) is 13.8 Å². The molecule has 0 saturated heterocycles. The number of nitrogens with zero attached hydrogens (tertiary/aromatic N) is 3. The van der Waals surface area contributed by atoms with Crippen LogP contribution >= 0.6 is 0 Å². The van der Waals surface area contributed by atoms with E-state index in [2.05, 4.69) is 10.3 Å². The van der Waals surface area contributed by atoms with E-state index < -0.39 is 28.5 Å². The van der Waals surface area contributed by atoms with E-state index in [0.29, 0.717) is 18.8 Å². The molecule has 3 aromatic rings. The van der Waals surface area contributed by atoms with Crippen molar-refractivity contribution in [1.29, 1.82) is 0 Å². The van der Waals surface area contributed by atoms with Crippen LogP contribution in [0.4, 0.5) is 5.69 Å². The fraction of sp³-hybridized carbons (Fsp3) is 0.286. The Bertz CT molecular complexity index is 1190. The van der Waals surface area contributed by atoms with Crippen LogP contribution < -0.4 is 5.32 Å². The maximum Gasteiger partial charge on any atom is 0.326 e. The third kappa shape index (κ3) is 5.28. The number of para-hydroxylation sites is 2. The van der Waals surface area contributed by atoms with Gasteiger partial charge in [-0.15, -0.1) is 0 Å². The van der Waals surface area contributed by atoms with E-state index in [0.717, 1.165) is 11.0 Å². The van der Waals surface area contributed by atoms with Gasteiger partial charge in [-0.1, -0.05) is 32.0 Å². The lowest BCUT2D eigenvalue weighted by Crippen LogP contribution is -2.30. The maximum atomic E-state index is 12.6. The first kappa shape index (κ1) is 22.4. The van der Waals surface area contributed by atoms with Crippen molar-refractivity contribution in [3.05, 3.63) is 54.9 Å². The molecule has 1 N–H and O–H groups in total. The molecule has 0 aliphatic rings. The second-order valence-corrected chi connectivity index (χ2v) is 8.63. The summed E-state index contributed by atoms with van der Waals surface area (Å²) in [5.74, 6) is -1.16. The van der Waals surface area contributed by atoms with E-state index in [1.807, 2.05) is 24.3 Å². The predicted molar refractivity (Wildman–Crippen MR) is 116 cm³/mol. The number of hydrogen-bond acceptors (Lipinski definition) is 6. The molecule has 1 amide bonds. The molecule has 3 rings (SSSR count). The standard InChI is InChI=1S/C21H24N4O5S/c1-3-25(4-2)31(28,29)17-9-7-8-16(12-17)23-20(26)14-30-21(27)13-24-15-22-18-10-5-6-11-19(18)24/h5-12,15H,3-4,13-14H2,1-2H3,(H,23,26). The smallest absolute Gasteiger partial charge is 0.326 e. The lowest BCUT2D eigenvalue weighted by Gasteiger charge is -2.18. The Morgan fingerprint density at radius 2 is 1.84 bits per heavy atom. The van der Waals surface area contributed by atoms with E-state index in [-0.39, 0.29) is 11.4 Å². The average molecular weight is 445 g/mol. The Balaban J connectivity index is 1.58.